The Balaban J connectivity index is 2.84. The highest BCUT2D eigenvalue weighted by Crippen LogP contribution is 2.22. The lowest BCUT2D eigenvalue weighted by Crippen LogP contribution is -1.97. The van der Waals surface area contributed by atoms with E-state index in [1.54, 1.807) is 24.3 Å². The van der Waals surface area contributed by atoms with Gasteiger partial charge < -0.3 is 0 Å². The number of allylic oxidation sites excluding steroid dienone is 1. The molecule has 0 N–H and O–H groups in total. The van der Waals surface area contributed by atoms with Crippen molar-refractivity contribution in [1.82, 2.24) is 0 Å². The van der Waals surface area contributed by atoms with Crippen LogP contribution >= 0.6 is 11.8 Å². The van der Waals surface area contributed by atoms with Gasteiger partial charge in [-0.3, -0.25) is 19.7 Å². The minimum Gasteiger partial charge on any atom is -0.295 e. The summed E-state index contributed by atoms with van der Waals surface area (Å²) in [5.74, 6) is 0.437. The molecule has 0 aliphatic carbocycles. The summed E-state index contributed by atoms with van der Waals surface area (Å²) in [7, 11) is 0. The minimum atomic E-state index is -0.504. The molecule has 0 spiro atoms. The largest absolute Gasteiger partial charge is 0.295 e. The van der Waals surface area contributed by atoms with E-state index in [-0.39, 0.29) is 16.6 Å². The summed E-state index contributed by atoms with van der Waals surface area (Å²) < 4.78 is 0. The van der Waals surface area contributed by atoms with Crippen molar-refractivity contribution < 1.29 is 14.5 Å². The highest BCUT2D eigenvalue weighted by atomic mass is 32.2. The predicted molar refractivity (Wildman–Crippen MR) is 79.9 cm³/mol. The molecule has 0 amide bonds. The van der Waals surface area contributed by atoms with Crippen LogP contribution in [0.15, 0.2) is 24.3 Å². The first-order valence-corrected chi connectivity index (χ1v) is 6.99. The molecule has 0 atom stereocenters. The van der Waals surface area contributed by atoms with Crippen molar-refractivity contribution in [2.24, 2.45) is 0 Å². The second kappa shape index (κ2) is 7.59. The number of nitrogens with zero attached hydrogens (tertiary/aromatic N) is 1. The Labute approximate surface area is 121 Å². The topological polar surface area (TPSA) is 77.3 Å². The molecule has 0 aliphatic rings. The number of ketones is 1. The second-order valence-corrected chi connectivity index (χ2v) is 5.39. The zero-order valence-electron chi connectivity index (χ0n) is 11.3. The molecule has 1 aromatic carbocycles. The van der Waals surface area contributed by atoms with Gasteiger partial charge >= 0.3 is 0 Å². The van der Waals surface area contributed by atoms with Gasteiger partial charge in [0.15, 0.2) is 10.9 Å². The van der Waals surface area contributed by atoms with E-state index in [4.69, 9.17) is 0 Å². The first-order chi connectivity index (χ1) is 9.41. The van der Waals surface area contributed by atoms with E-state index in [0.717, 1.165) is 0 Å². The van der Waals surface area contributed by atoms with Crippen LogP contribution in [-0.2, 0) is 4.79 Å². The third kappa shape index (κ3) is 4.97. The summed E-state index contributed by atoms with van der Waals surface area (Å²) in [5.41, 5.74) is 0.682. The van der Waals surface area contributed by atoms with Crippen molar-refractivity contribution in [2.75, 3.05) is 5.75 Å². The van der Waals surface area contributed by atoms with Gasteiger partial charge in [0.05, 0.1) is 10.5 Å². The number of nitro groups is 1. The van der Waals surface area contributed by atoms with Crippen LogP contribution in [0, 0.1) is 10.1 Å². The monoisotopic (exact) mass is 293 g/mol. The van der Waals surface area contributed by atoms with Crippen LogP contribution in [0.1, 0.15) is 36.2 Å². The molecular formula is C14H15NO4S. The number of nitro benzene ring substituents is 1. The molecule has 1 rings (SSSR count). The lowest BCUT2D eigenvalue weighted by atomic mass is 10.1. The first-order valence-electron chi connectivity index (χ1n) is 6.01. The predicted octanol–water partition coefficient (Wildman–Crippen LogP) is 3.48. The van der Waals surface area contributed by atoms with E-state index in [1.807, 2.05) is 0 Å². The van der Waals surface area contributed by atoms with E-state index < -0.39 is 4.92 Å². The van der Waals surface area contributed by atoms with Crippen LogP contribution in [0.25, 0.3) is 6.08 Å². The molecule has 1 aromatic rings. The molecule has 0 radical (unpaired) electrons. The molecule has 0 aromatic heterocycles. The summed E-state index contributed by atoms with van der Waals surface area (Å²) in [5, 5.41) is 11.0. The van der Waals surface area contributed by atoms with Crippen molar-refractivity contribution >= 4 is 34.4 Å². The van der Waals surface area contributed by atoms with E-state index >= 15 is 0 Å². The minimum absolute atomic E-state index is 0.0511. The fourth-order valence-electron chi connectivity index (χ4n) is 1.54. The van der Waals surface area contributed by atoms with Gasteiger partial charge in [-0.05, 0) is 19.4 Å². The van der Waals surface area contributed by atoms with E-state index in [9.17, 15) is 19.7 Å². The zero-order chi connectivity index (χ0) is 15.1. The van der Waals surface area contributed by atoms with Crippen LogP contribution < -0.4 is 0 Å². The van der Waals surface area contributed by atoms with E-state index in [2.05, 4.69) is 0 Å². The van der Waals surface area contributed by atoms with Crippen molar-refractivity contribution in [1.29, 1.82) is 0 Å². The molecule has 6 heteroatoms. The highest BCUT2D eigenvalue weighted by Gasteiger charge is 2.13. The maximum absolute atomic E-state index is 11.2. The van der Waals surface area contributed by atoms with Gasteiger partial charge in [0.2, 0.25) is 0 Å². The smallest absolute Gasteiger partial charge is 0.277 e. The number of hydrogen-bond acceptors (Lipinski definition) is 5. The maximum atomic E-state index is 11.2. The molecule has 0 saturated heterocycles. The fraction of sp³-hybridized carbons (Fsp3) is 0.286. The van der Waals surface area contributed by atoms with Crippen LogP contribution in [0.2, 0.25) is 0 Å². The molecule has 5 nitrogen and oxygen atoms in total. The molecular weight excluding hydrogens is 278 g/mol. The highest BCUT2D eigenvalue weighted by molar-refractivity contribution is 8.13. The maximum Gasteiger partial charge on any atom is 0.277 e. The van der Waals surface area contributed by atoms with Crippen molar-refractivity contribution in [3.63, 3.8) is 0 Å². The van der Waals surface area contributed by atoms with E-state index in [1.165, 1.54) is 31.7 Å². The Kier molecular flexibility index (Phi) is 6.11. The van der Waals surface area contributed by atoms with Crippen LogP contribution in [0.4, 0.5) is 5.69 Å². The summed E-state index contributed by atoms with van der Waals surface area (Å²) in [6.45, 7) is 2.87. The molecule has 0 aliphatic heterocycles. The fourth-order valence-corrected chi connectivity index (χ4v) is 2.08. The van der Waals surface area contributed by atoms with Crippen LogP contribution in [0.3, 0.4) is 0 Å². The zero-order valence-corrected chi connectivity index (χ0v) is 12.1. The summed E-state index contributed by atoms with van der Waals surface area (Å²) in [6.07, 6.45) is 4.07. The normalized spacial score (nSPS) is 10.7. The van der Waals surface area contributed by atoms with Crippen LogP contribution in [0.5, 0.6) is 0 Å². The van der Waals surface area contributed by atoms with E-state index in [0.29, 0.717) is 23.3 Å². The Morgan fingerprint density at radius 2 is 2.05 bits per heavy atom. The number of thioether (sulfide) groups is 1. The summed E-state index contributed by atoms with van der Waals surface area (Å²) in [6, 6.07) is 4.41. The summed E-state index contributed by atoms with van der Waals surface area (Å²) in [4.78, 5) is 32.4. The third-order valence-electron chi connectivity index (χ3n) is 2.52. The Morgan fingerprint density at radius 1 is 1.35 bits per heavy atom. The molecule has 106 valence electrons. The number of rotatable bonds is 6. The first kappa shape index (κ1) is 16.1. The van der Waals surface area contributed by atoms with Gasteiger partial charge in [0, 0.05) is 24.3 Å². The third-order valence-corrected chi connectivity index (χ3v) is 3.37. The molecule has 0 bridgehead atoms. The number of carbonyl (C=O) groups is 2. The molecule has 0 heterocycles. The Bertz CT molecular complexity index is 566. The van der Waals surface area contributed by atoms with Crippen molar-refractivity contribution in [3.8, 4) is 0 Å². The van der Waals surface area contributed by atoms with Crippen molar-refractivity contribution in [2.45, 2.75) is 20.3 Å². The molecule has 20 heavy (non-hydrogen) atoms. The average Bonchev–Trinajstić information content (AvgIpc) is 2.37. The number of hydrogen-bond donors (Lipinski definition) is 0. The van der Waals surface area contributed by atoms with Crippen LogP contribution in [-0.4, -0.2) is 21.6 Å². The SMILES string of the molecule is CC(=O)SCCC=Cc1ccc(C(C)=O)cc1[N+](=O)[O-]. The van der Waals surface area contributed by atoms with Gasteiger partial charge in [-0.2, -0.15) is 0 Å². The number of carbonyl (C=O) groups excluding carboxylic acids is 2. The Hall–Kier alpha value is -1.95. The Morgan fingerprint density at radius 3 is 2.60 bits per heavy atom. The molecule has 0 fully saturated rings. The van der Waals surface area contributed by atoms with Gasteiger partial charge in [0.1, 0.15) is 0 Å². The summed E-state index contributed by atoms with van der Waals surface area (Å²) >= 11 is 1.21. The molecule has 0 unspecified atom stereocenters. The van der Waals surface area contributed by atoms with Gasteiger partial charge in [0.25, 0.3) is 5.69 Å². The quantitative estimate of drug-likeness (QED) is 0.347. The van der Waals surface area contributed by atoms with Gasteiger partial charge in [-0.15, -0.1) is 0 Å². The van der Waals surface area contributed by atoms with Gasteiger partial charge in [-0.1, -0.05) is 30.0 Å². The van der Waals surface area contributed by atoms with Crippen molar-refractivity contribution in [3.05, 3.63) is 45.5 Å². The number of benzene rings is 1. The molecule has 0 saturated carbocycles. The lowest BCUT2D eigenvalue weighted by Gasteiger charge is -2.00. The van der Waals surface area contributed by atoms with Gasteiger partial charge in [-0.25, -0.2) is 0 Å². The lowest BCUT2D eigenvalue weighted by molar-refractivity contribution is -0.385. The average molecular weight is 293 g/mol. The number of Topliss-reactive ketones (excluding diaryl/α,β-unsaturated/α-hetero) is 1. The second-order valence-electron chi connectivity index (χ2n) is 4.12. The standard InChI is InChI=1S/C14H15NO4S/c1-10(16)13-7-6-12(14(9-13)15(18)19)5-3-4-8-20-11(2)17/h3,5-7,9H,4,8H2,1-2H3.